The average Bonchev–Trinajstić information content (AvgIpc) is 2.86. The van der Waals surface area contributed by atoms with Crippen molar-refractivity contribution in [2.24, 2.45) is 0 Å². The zero-order valence-electron chi connectivity index (χ0n) is 19.5. The third-order valence-electron chi connectivity index (χ3n) is 6.01. The number of carbonyl (C=O) groups is 1. The van der Waals surface area contributed by atoms with Gasteiger partial charge in [-0.25, -0.2) is 12.7 Å². The summed E-state index contributed by atoms with van der Waals surface area (Å²) in [6, 6.07) is 24.3. The van der Waals surface area contributed by atoms with Gasteiger partial charge in [0, 0.05) is 63.8 Å². The number of nitrogens with zero attached hydrogens (tertiary/aromatic N) is 3. The van der Waals surface area contributed by atoms with Crippen molar-refractivity contribution < 1.29 is 13.2 Å². The Morgan fingerprint density at radius 3 is 2.06 bits per heavy atom. The third kappa shape index (κ3) is 5.64. The molecular formula is C26H30N4O3S. The van der Waals surface area contributed by atoms with Crippen LogP contribution in [0.5, 0.6) is 0 Å². The Balaban J connectivity index is 1.30. The van der Waals surface area contributed by atoms with Crippen LogP contribution in [0.3, 0.4) is 0 Å². The van der Waals surface area contributed by atoms with Crippen molar-refractivity contribution in [3.63, 3.8) is 0 Å². The Morgan fingerprint density at radius 2 is 1.47 bits per heavy atom. The summed E-state index contributed by atoms with van der Waals surface area (Å²) in [4.78, 5) is 17.6. The van der Waals surface area contributed by atoms with Gasteiger partial charge in [0.25, 0.3) is 5.91 Å². The first-order chi connectivity index (χ1) is 16.3. The van der Waals surface area contributed by atoms with E-state index in [1.807, 2.05) is 30.3 Å². The van der Waals surface area contributed by atoms with Gasteiger partial charge in [-0.1, -0.05) is 30.3 Å². The van der Waals surface area contributed by atoms with Crippen LogP contribution in [0.1, 0.15) is 15.9 Å². The highest BCUT2D eigenvalue weighted by Gasteiger charge is 2.18. The molecule has 0 unspecified atom stereocenters. The number of piperazine rings is 1. The summed E-state index contributed by atoms with van der Waals surface area (Å²) in [7, 11) is -0.565. The Bertz CT molecular complexity index is 1200. The molecule has 1 saturated heterocycles. The van der Waals surface area contributed by atoms with Crippen LogP contribution in [0.2, 0.25) is 0 Å². The van der Waals surface area contributed by atoms with Crippen molar-refractivity contribution in [2.45, 2.75) is 11.4 Å². The first kappa shape index (κ1) is 23.9. The minimum absolute atomic E-state index is 0.156. The zero-order chi connectivity index (χ0) is 24.1. The second-order valence-electron chi connectivity index (χ2n) is 8.56. The molecule has 3 aromatic carbocycles. The molecule has 3 aromatic rings. The molecule has 0 aromatic heterocycles. The van der Waals surface area contributed by atoms with Gasteiger partial charge in [-0.3, -0.25) is 9.69 Å². The van der Waals surface area contributed by atoms with Gasteiger partial charge in [-0.05, 0) is 54.1 Å². The third-order valence-corrected chi connectivity index (χ3v) is 7.84. The lowest BCUT2D eigenvalue weighted by atomic mass is 10.1. The Morgan fingerprint density at radius 1 is 0.853 bits per heavy atom. The quantitative estimate of drug-likeness (QED) is 0.563. The summed E-state index contributed by atoms with van der Waals surface area (Å²) in [5.74, 6) is -0.279. The molecule has 0 spiro atoms. The van der Waals surface area contributed by atoms with Crippen LogP contribution in [0.15, 0.2) is 83.8 Å². The number of hydrogen-bond acceptors (Lipinski definition) is 5. The molecular weight excluding hydrogens is 448 g/mol. The molecule has 1 heterocycles. The standard InChI is InChI=1S/C26H30N4O3S/c1-28(2)34(32,33)25-14-10-22(11-15-25)26(31)27-23-12-8-21(9-13-23)20-29-16-18-30(19-17-29)24-6-4-3-5-7-24/h3-15H,16-20H2,1-2H3,(H,27,31). The minimum Gasteiger partial charge on any atom is -0.369 e. The van der Waals surface area contributed by atoms with Crippen LogP contribution in [0.4, 0.5) is 11.4 Å². The number of anilines is 2. The van der Waals surface area contributed by atoms with Crippen molar-refractivity contribution in [2.75, 3.05) is 50.5 Å². The number of rotatable bonds is 7. The number of sulfonamides is 1. The SMILES string of the molecule is CN(C)S(=O)(=O)c1ccc(C(=O)Nc2ccc(CN3CCN(c4ccccc4)CC3)cc2)cc1. The molecule has 1 amide bonds. The van der Waals surface area contributed by atoms with E-state index in [1.165, 1.54) is 49.6 Å². The molecule has 1 N–H and O–H groups in total. The normalized spacial score (nSPS) is 14.9. The number of para-hydroxylation sites is 1. The van der Waals surface area contributed by atoms with E-state index in [9.17, 15) is 13.2 Å². The van der Waals surface area contributed by atoms with Crippen LogP contribution in [0, 0.1) is 0 Å². The van der Waals surface area contributed by atoms with E-state index in [-0.39, 0.29) is 10.8 Å². The molecule has 178 valence electrons. The largest absolute Gasteiger partial charge is 0.369 e. The molecule has 4 rings (SSSR count). The van der Waals surface area contributed by atoms with Gasteiger partial charge in [0.15, 0.2) is 0 Å². The summed E-state index contributed by atoms with van der Waals surface area (Å²) < 4.78 is 25.5. The molecule has 1 aliphatic heterocycles. The highest BCUT2D eigenvalue weighted by Crippen LogP contribution is 2.19. The van der Waals surface area contributed by atoms with E-state index in [4.69, 9.17) is 0 Å². The lowest BCUT2D eigenvalue weighted by molar-refractivity contribution is 0.102. The van der Waals surface area contributed by atoms with Gasteiger partial charge in [-0.15, -0.1) is 0 Å². The molecule has 8 heteroatoms. The molecule has 34 heavy (non-hydrogen) atoms. The second kappa shape index (κ2) is 10.4. The van der Waals surface area contributed by atoms with Gasteiger partial charge in [0.1, 0.15) is 0 Å². The van der Waals surface area contributed by atoms with Crippen molar-refractivity contribution in [1.82, 2.24) is 9.21 Å². The lowest BCUT2D eigenvalue weighted by Gasteiger charge is -2.36. The molecule has 7 nitrogen and oxygen atoms in total. The molecule has 0 aliphatic carbocycles. The predicted molar refractivity (Wildman–Crippen MR) is 136 cm³/mol. The Kier molecular flexibility index (Phi) is 7.31. The maximum atomic E-state index is 12.6. The molecule has 0 saturated carbocycles. The summed E-state index contributed by atoms with van der Waals surface area (Å²) in [5, 5.41) is 2.87. The highest BCUT2D eigenvalue weighted by atomic mass is 32.2. The van der Waals surface area contributed by atoms with Gasteiger partial charge in [0.05, 0.1) is 4.90 Å². The fourth-order valence-corrected chi connectivity index (χ4v) is 4.85. The monoisotopic (exact) mass is 478 g/mol. The van der Waals surface area contributed by atoms with Crippen molar-refractivity contribution in [3.8, 4) is 0 Å². The fraction of sp³-hybridized carbons (Fsp3) is 0.269. The van der Waals surface area contributed by atoms with Crippen molar-refractivity contribution in [3.05, 3.63) is 90.0 Å². The number of carbonyl (C=O) groups excluding carboxylic acids is 1. The predicted octanol–water partition coefficient (Wildman–Crippen LogP) is 3.51. The first-order valence-corrected chi connectivity index (χ1v) is 12.7. The second-order valence-corrected chi connectivity index (χ2v) is 10.7. The van der Waals surface area contributed by atoms with Gasteiger partial charge in [0.2, 0.25) is 10.0 Å². The Labute approximate surface area is 201 Å². The van der Waals surface area contributed by atoms with Crippen LogP contribution in [-0.4, -0.2) is 63.8 Å². The van der Waals surface area contributed by atoms with E-state index < -0.39 is 10.0 Å². The van der Waals surface area contributed by atoms with Crippen LogP contribution < -0.4 is 10.2 Å². The average molecular weight is 479 g/mol. The molecule has 0 radical (unpaired) electrons. The summed E-state index contributed by atoms with van der Waals surface area (Å²) in [6.07, 6.45) is 0. The number of benzene rings is 3. The van der Waals surface area contributed by atoms with E-state index in [0.29, 0.717) is 11.3 Å². The minimum atomic E-state index is -3.52. The van der Waals surface area contributed by atoms with E-state index >= 15 is 0 Å². The van der Waals surface area contributed by atoms with E-state index in [0.717, 1.165) is 37.0 Å². The van der Waals surface area contributed by atoms with Gasteiger partial charge < -0.3 is 10.2 Å². The van der Waals surface area contributed by atoms with E-state index in [1.54, 1.807) is 0 Å². The Hall–Kier alpha value is -3.20. The van der Waals surface area contributed by atoms with Crippen molar-refractivity contribution in [1.29, 1.82) is 0 Å². The van der Waals surface area contributed by atoms with Gasteiger partial charge in [-0.2, -0.15) is 0 Å². The van der Waals surface area contributed by atoms with Crippen LogP contribution in [0.25, 0.3) is 0 Å². The maximum absolute atomic E-state index is 12.6. The summed E-state index contributed by atoms with van der Waals surface area (Å²) >= 11 is 0. The highest BCUT2D eigenvalue weighted by molar-refractivity contribution is 7.89. The first-order valence-electron chi connectivity index (χ1n) is 11.3. The topological polar surface area (TPSA) is 73.0 Å². The van der Waals surface area contributed by atoms with Crippen LogP contribution in [-0.2, 0) is 16.6 Å². The molecule has 0 atom stereocenters. The van der Waals surface area contributed by atoms with Crippen molar-refractivity contribution >= 4 is 27.3 Å². The number of nitrogens with one attached hydrogen (secondary N) is 1. The fourth-order valence-electron chi connectivity index (χ4n) is 3.95. The number of hydrogen-bond donors (Lipinski definition) is 1. The maximum Gasteiger partial charge on any atom is 0.255 e. The molecule has 0 bridgehead atoms. The van der Waals surface area contributed by atoms with Crippen LogP contribution >= 0.6 is 0 Å². The van der Waals surface area contributed by atoms with Gasteiger partial charge >= 0.3 is 0 Å². The zero-order valence-corrected chi connectivity index (χ0v) is 20.3. The molecule has 1 fully saturated rings. The summed E-state index contributed by atoms with van der Waals surface area (Å²) in [5.41, 5.74) is 3.58. The summed E-state index contributed by atoms with van der Waals surface area (Å²) in [6.45, 7) is 4.90. The number of amides is 1. The smallest absolute Gasteiger partial charge is 0.255 e. The van der Waals surface area contributed by atoms with E-state index in [2.05, 4.69) is 39.4 Å². The molecule has 1 aliphatic rings. The lowest BCUT2D eigenvalue weighted by Crippen LogP contribution is -2.45.